The van der Waals surface area contributed by atoms with Crippen LogP contribution in [0.15, 0.2) is 66.9 Å². The molecule has 0 radical (unpaired) electrons. The van der Waals surface area contributed by atoms with Crippen molar-refractivity contribution in [2.45, 2.75) is 30.9 Å². The first-order valence-electron chi connectivity index (χ1n) is 11.4. The molecule has 0 fully saturated rings. The second kappa shape index (κ2) is 10.8. The van der Waals surface area contributed by atoms with E-state index in [1.807, 2.05) is 0 Å². The van der Waals surface area contributed by atoms with Gasteiger partial charge in [-0.1, -0.05) is 42.5 Å². The quantitative estimate of drug-likeness (QED) is 0.264. The SMILES string of the molecule is Nc1nc(OC(c2ccccc2-n2ccc(C(F)(F)F)n2)C(F)(F)F)cc(-c2ccc(CC(N)C(=O)O)cc2)n1. The third-order valence-corrected chi connectivity index (χ3v) is 5.62. The third kappa shape index (κ3) is 6.48. The number of hydrogen-bond donors (Lipinski definition) is 3. The molecular formula is C25H20F6N6O3. The van der Waals surface area contributed by atoms with E-state index in [1.54, 1.807) is 24.3 Å². The highest BCUT2D eigenvalue weighted by molar-refractivity contribution is 5.73. The number of halogens is 6. The lowest BCUT2D eigenvalue weighted by atomic mass is 10.0. The fourth-order valence-corrected chi connectivity index (χ4v) is 3.76. The van der Waals surface area contributed by atoms with Crippen molar-refractivity contribution in [3.05, 3.63) is 83.7 Å². The molecule has 5 N–H and O–H groups in total. The van der Waals surface area contributed by atoms with Crippen molar-refractivity contribution in [1.82, 2.24) is 19.7 Å². The van der Waals surface area contributed by atoms with Crippen LogP contribution in [0.5, 0.6) is 5.88 Å². The van der Waals surface area contributed by atoms with Gasteiger partial charge in [0, 0.05) is 23.4 Å². The predicted molar refractivity (Wildman–Crippen MR) is 129 cm³/mol. The van der Waals surface area contributed by atoms with Gasteiger partial charge in [0.1, 0.15) is 6.04 Å². The highest BCUT2D eigenvalue weighted by Gasteiger charge is 2.45. The van der Waals surface area contributed by atoms with E-state index in [0.717, 1.165) is 18.3 Å². The topological polar surface area (TPSA) is 142 Å². The maximum Gasteiger partial charge on any atom is 0.435 e. The predicted octanol–water partition coefficient (Wildman–Crippen LogP) is 4.57. The summed E-state index contributed by atoms with van der Waals surface area (Å²) in [4.78, 5) is 18.7. The molecule has 4 aromatic rings. The highest BCUT2D eigenvalue weighted by atomic mass is 19.4. The maximum absolute atomic E-state index is 14.2. The molecule has 40 heavy (non-hydrogen) atoms. The Labute approximate surface area is 222 Å². The van der Waals surface area contributed by atoms with Gasteiger partial charge in [0.05, 0.1) is 11.4 Å². The number of alkyl halides is 6. The molecule has 2 heterocycles. The van der Waals surface area contributed by atoms with E-state index in [0.29, 0.717) is 21.9 Å². The van der Waals surface area contributed by atoms with Gasteiger partial charge in [0.2, 0.25) is 17.9 Å². The molecule has 2 aromatic heterocycles. The van der Waals surface area contributed by atoms with Crippen LogP contribution in [0.4, 0.5) is 32.3 Å². The zero-order valence-electron chi connectivity index (χ0n) is 20.2. The minimum atomic E-state index is -5.03. The summed E-state index contributed by atoms with van der Waals surface area (Å²) < 4.78 is 87.8. The smallest absolute Gasteiger partial charge is 0.435 e. The highest BCUT2D eigenvalue weighted by Crippen LogP contribution is 2.40. The van der Waals surface area contributed by atoms with Crippen molar-refractivity contribution in [2.75, 3.05) is 5.73 Å². The number of nitrogens with zero attached hydrogens (tertiary/aromatic N) is 4. The first-order chi connectivity index (χ1) is 18.7. The Hall–Kier alpha value is -4.66. The molecule has 2 unspecified atom stereocenters. The summed E-state index contributed by atoms with van der Waals surface area (Å²) >= 11 is 0. The molecule has 0 saturated heterocycles. The number of carbonyl (C=O) groups is 1. The summed E-state index contributed by atoms with van der Waals surface area (Å²) in [5.74, 6) is -2.13. The van der Waals surface area contributed by atoms with Crippen LogP contribution in [0.25, 0.3) is 16.9 Å². The minimum absolute atomic E-state index is 0.0449. The van der Waals surface area contributed by atoms with E-state index in [2.05, 4.69) is 15.1 Å². The second-order valence-corrected chi connectivity index (χ2v) is 8.54. The number of nitrogens with two attached hydrogens (primary N) is 2. The summed E-state index contributed by atoms with van der Waals surface area (Å²) in [7, 11) is 0. The number of carboxylic acids is 1. The summed E-state index contributed by atoms with van der Waals surface area (Å²) in [5.41, 5.74) is 10.3. The van der Waals surface area contributed by atoms with Crippen LogP contribution in [0.1, 0.15) is 22.9 Å². The number of hydrogen-bond acceptors (Lipinski definition) is 7. The lowest BCUT2D eigenvalue weighted by Gasteiger charge is -2.24. The Morgan fingerprint density at radius 2 is 1.68 bits per heavy atom. The Balaban J connectivity index is 1.67. The van der Waals surface area contributed by atoms with E-state index in [9.17, 15) is 31.1 Å². The van der Waals surface area contributed by atoms with Crippen LogP contribution >= 0.6 is 0 Å². The van der Waals surface area contributed by atoms with Crippen LogP contribution in [-0.4, -0.2) is 43.0 Å². The van der Waals surface area contributed by atoms with E-state index in [-0.39, 0.29) is 17.8 Å². The fourth-order valence-electron chi connectivity index (χ4n) is 3.76. The average molecular weight is 566 g/mol. The maximum atomic E-state index is 14.2. The fraction of sp³-hybridized carbons (Fsp3) is 0.200. The van der Waals surface area contributed by atoms with E-state index in [1.165, 1.54) is 18.2 Å². The number of aliphatic carboxylic acids is 1. The lowest BCUT2D eigenvalue weighted by molar-refractivity contribution is -0.198. The summed E-state index contributed by atoms with van der Waals surface area (Å²) in [6.45, 7) is 0. The number of aromatic nitrogens is 4. The van der Waals surface area contributed by atoms with Crippen molar-refractivity contribution in [2.24, 2.45) is 5.73 Å². The first kappa shape index (κ1) is 28.4. The molecule has 9 nitrogen and oxygen atoms in total. The largest absolute Gasteiger partial charge is 0.480 e. The van der Waals surface area contributed by atoms with Gasteiger partial charge in [-0.2, -0.15) is 36.4 Å². The van der Waals surface area contributed by atoms with Crippen LogP contribution in [0, 0.1) is 0 Å². The van der Waals surface area contributed by atoms with Gasteiger partial charge >= 0.3 is 18.3 Å². The molecule has 4 rings (SSSR count). The van der Waals surface area contributed by atoms with Gasteiger partial charge < -0.3 is 21.3 Å². The van der Waals surface area contributed by atoms with Crippen LogP contribution in [0.2, 0.25) is 0 Å². The normalized spacial score (nSPS) is 13.6. The number of benzene rings is 2. The number of ether oxygens (including phenoxy) is 1. The molecule has 0 spiro atoms. The van der Waals surface area contributed by atoms with Crippen LogP contribution < -0.4 is 16.2 Å². The second-order valence-electron chi connectivity index (χ2n) is 8.54. The molecule has 210 valence electrons. The number of carboxylic acid groups (broad SMARTS) is 1. The molecular weight excluding hydrogens is 546 g/mol. The lowest BCUT2D eigenvalue weighted by Crippen LogP contribution is -2.32. The van der Waals surface area contributed by atoms with E-state index in [4.69, 9.17) is 21.3 Å². The van der Waals surface area contributed by atoms with Gasteiger partial charge in [-0.05, 0) is 24.1 Å². The first-order valence-corrected chi connectivity index (χ1v) is 11.4. The zero-order chi connectivity index (χ0) is 29.2. The number of anilines is 1. The monoisotopic (exact) mass is 566 g/mol. The summed E-state index contributed by atoms with van der Waals surface area (Å²) in [6, 6.07) is 11.7. The molecule has 0 saturated carbocycles. The molecule has 2 atom stereocenters. The van der Waals surface area contributed by atoms with Crippen molar-refractivity contribution in [3.63, 3.8) is 0 Å². The standard InChI is InChI=1S/C25H20F6N6O3/c26-24(27,28)19-9-10-37(36-19)18-4-2-1-3-15(18)21(25(29,30)31)40-20-12-17(34-23(33)35-20)14-7-5-13(6-8-14)11-16(32)22(38)39/h1-10,12,16,21H,11,32H2,(H,38,39)(H2,33,34,35). The van der Waals surface area contributed by atoms with E-state index < -0.39 is 53.6 Å². The van der Waals surface area contributed by atoms with Gasteiger partial charge in [-0.15, -0.1) is 0 Å². The van der Waals surface area contributed by atoms with Crippen molar-refractivity contribution in [1.29, 1.82) is 0 Å². The Bertz CT molecular complexity index is 1500. The Morgan fingerprint density at radius 1 is 1.00 bits per heavy atom. The third-order valence-electron chi connectivity index (χ3n) is 5.62. The van der Waals surface area contributed by atoms with Gasteiger partial charge in [-0.25, -0.2) is 9.67 Å². The molecule has 2 aromatic carbocycles. The molecule has 0 amide bonds. The van der Waals surface area contributed by atoms with Gasteiger partial charge in [-0.3, -0.25) is 4.79 Å². The minimum Gasteiger partial charge on any atom is -0.480 e. The summed E-state index contributed by atoms with van der Waals surface area (Å²) in [5, 5.41) is 12.3. The van der Waals surface area contributed by atoms with Gasteiger partial charge in [0.15, 0.2) is 5.69 Å². The van der Waals surface area contributed by atoms with Crippen LogP contribution in [0.3, 0.4) is 0 Å². The van der Waals surface area contributed by atoms with Crippen molar-refractivity contribution >= 4 is 11.9 Å². The summed E-state index contributed by atoms with van der Waals surface area (Å²) in [6.07, 6.45) is -11.5. The average Bonchev–Trinajstić information content (AvgIpc) is 3.38. The number of para-hydroxylation sites is 1. The van der Waals surface area contributed by atoms with Gasteiger partial charge in [0.25, 0.3) is 0 Å². The molecule has 0 aliphatic rings. The zero-order valence-corrected chi connectivity index (χ0v) is 20.2. The van der Waals surface area contributed by atoms with Crippen molar-refractivity contribution < 1.29 is 41.0 Å². The molecule has 15 heteroatoms. The molecule has 0 bridgehead atoms. The molecule has 0 aliphatic carbocycles. The number of nitrogen functional groups attached to an aromatic ring is 1. The van der Waals surface area contributed by atoms with Crippen molar-refractivity contribution in [3.8, 4) is 22.8 Å². The molecule has 0 aliphatic heterocycles. The van der Waals surface area contributed by atoms with E-state index >= 15 is 0 Å². The Kier molecular flexibility index (Phi) is 7.68. The Morgan fingerprint density at radius 3 is 2.27 bits per heavy atom. The number of rotatable bonds is 8. The van der Waals surface area contributed by atoms with Crippen LogP contribution in [-0.2, 0) is 17.4 Å².